The second-order valence-corrected chi connectivity index (χ2v) is 8.95. The quantitative estimate of drug-likeness (QED) is 0.157. The molecule has 194 valence electrons. The zero-order chi connectivity index (χ0) is 25.3. The van der Waals surface area contributed by atoms with Gasteiger partial charge in [-0.2, -0.15) is 0 Å². The Morgan fingerprint density at radius 2 is 1.17 bits per heavy atom. The molecule has 35 heavy (non-hydrogen) atoms. The van der Waals surface area contributed by atoms with Gasteiger partial charge in [0.2, 0.25) is 0 Å². The zero-order valence-electron chi connectivity index (χ0n) is 22.3. The number of aromatic hydroxyl groups is 1. The van der Waals surface area contributed by atoms with Crippen molar-refractivity contribution in [1.82, 2.24) is 0 Å². The molecule has 0 radical (unpaired) electrons. The number of hydrogen-bond acceptors (Lipinski definition) is 4. The number of carboxylic acids is 2. The number of phenols is 1. The van der Waals surface area contributed by atoms with Crippen LogP contribution in [0.2, 0.25) is 0 Å². The third-order valence-corrected chi connectivity index (χ3v) is 5.78. The molecule has 2 N–H and O–H groups in total. The summed E-state index contributed by atoms with van der Waals surface area (Å²) in [5.41, 5.74) is -0.178. The van der Waals surface area contributed by atoms with Gasteiger partial charge in [-0.1, -0.05) is 108 Å². The van der Waals surface area contributed by atoms with Crippen molar-refractivity contribution in [3.05, 3.63) is 42.0 Å². The fourth-order valence-corrected chi connectivity index (χ4v) is 3.70. The van der Waals surface area contributed by atoms with Gasteiger partial charge in [-0.3, -0.25) is 4.79 Å². The van der Waals surface area contributed by atoms with E-state index < -0.39 is 11.9 Å². The minimum absolute atomic E-state index is 0. The summed E-state index contributed by atoms with van der Waals surface area (Å²) in [5, 5.41) is 27.6. The first kappa shape index (κ1) is 35.9. The third kappa shape index (κ3) is 25.6. The van der Waals surface area contributed by atoms with Crippen molar-refractivity contribution in [2.45, 2.75) is 122 Å². The van der Waals surface area contributed by atoms with Crippen molar-refractivity contribution < 1.29 is 54.5 Å². The molecule has 0 atom stereocenters. The van der Waals surface area contributed by atoms with Crippen molar-refractivity contribution in [2.75, 3.05) is 0 Å². The van der Waals surface area contributed by atoms with Gasteiger partial charge in [-0.05, 0) is 44.2 Å². The second-order valence-electron chi connectivity index (χ2n) is 8.95. The van der Waals surface area contributed by atoms with Gasteiger partial charge in [-0.15, -0.1) is 0 Å². The molecular weight excluding hydrogens is 451 g/mol. The van der Waals surface area contributed by atoms with Gasteiger partial charge in [-0.25, -0.2) is 0 Å². The number of aromatic carboxylic acids is 1. The SMILES string of the molecule is CCCCCCCC/C=C\CCCCCCCCCCCC(=O)O.O=C([O-])c1ccccc1O.[Na+]. The van der Waals surface area contributed by atoms with E-state index in [2.05, 4.69) is 19.1 Å². The van der Waals surface area contributed by atoms with Crippen molar-refractivity contribution in [1.29, 1.82) is 0 Å². The maximum Gasteiger partial charge on any atom is 1.00 e. The normalized spacial score (nSPS) is 10.4. The Labute approximate surface area is 235 Å². The molecule has 0 saturated heterocycles. The van der Waals surface area contributed by atoms with Gasteiger partial charge in [0.05, 0.1) is 5.97 Å². The molecular formula is C29H47NaO5. The molecule has 1 aromatic carbocycles. The van der Waals surface area contributed by atoms with Crippen LogP contribution in [0.25, 0.3) is 0 Å². The van der Waals surface area contributed by atoms with E-state index in [0.717, 1.165) is 12.8 Å². The summed E-state index contributed by atoms with van der Waals surface area (Å²) in [6.45, 7) is 2.27. The van der Waals surface area contributed by atoms with Gasteiger partial charge in [0, 0.05) is 12.0 Å². The number of rotatable bonds is 20. The molecule has 0 saturated carbocycles. The van der Waals surface area contributed by atoms with Crippen LogP contribution in [0.4, 0.5) is 0 Å². The molecule has 0 bridgehead atoms. The predicted molar refractivity (Wildman–Crippen MR) is 138 cm³/mol. The molecule has 0 amide bonds. The standard InChI is InChI=1S/C22H42O2.C7H6O3.Na/c1-2-3-4-5-6-7-8-9-10-11-12-13-14-15-16-17-18-19-20-21-22(23)24;8-6-4-2-1-3-5(6)7(9)10;/h9-10H,2-8,11-21H2,1H3,(H,23,24);1-4,8H,(H,9,10);/q;;+1/p-1/b10-9-;;. The maximum absolute atomic E-state index is 10.4. The van der Waals surface area contributed by atoms with Gasteiger partial charge in [0.1, 0.15) is 5.75 Å². The molecule has 1 aromatic rings. The molecule has 0 aliphatic heterocycles. The Kier molecular flexibility index (Phi) is 28.0. The van der Waals surface area contributed by atoms with Crippen LogP contribution in [0, 0.1) is 0 Å². The summed E-state index contributed by atoms with van der Waals surface area (Å²) in [4.78, 5) is 20.5. The van der Waals surface area contributed by atoms with E-state index in [4.69, 9.17) is 10.2 Å². The van der Waals surface area contributed by atoms with Crippen molar-refractivity contribution in [2.24, 2.45) is 0 Å². The van der Waals surface area contributed by atoms with Gasteiger partial charge < -0.3 is 20.1 Å². The van der Waals surface area contributed by atoms with Crippen LogP contribution in [0.5, 0.6) is 5.75 Å². The Balaban J connectivity index is 0. The molecule has 0 unspecified atom stereocenters. The van der Waals surface area contributed by atoms with E-state index in [1.807, 2.05) is 0 Å². The van der Waals surface area contributed by atoms with Crippen LogP contribution in [0.3, 0.4) is 0 Å². The minimum atomic E-state index is -1.36. The van der Waals surface area contributed by atoms with E-state index in [0.29, 0.717) is 6.42 Å². The fraction of sp³-hybridized carbons (Fsp3) is 0.655. The first-order valence-electron chi connectivity index (χ1n) is 13.3. The van der Waals surface area contributed by atoms with Crippen molar-refractivity contribution in [3.8, 4) is 5.75 Å². The molecule has 5 nitrogen and oxygen atoms in total. The number of carbonyl (C=O) groups is 2. The van der Waals surface area contributed by atoms with Gasteiger partial charge in [0.15, 0.2) is 0 Å². The van der Waals surface area contributed by atoms with Crippen molar-refractivity contribution in [3.63, 3.8) is 0 Å². The van der Waals surface area contributed by atoms with E-state index in [-0.39, 0.29) is 40.9 Å². The Bertz CT molecular complexity index is 660. The van der Waals surface area contributed by atoms with Crippen LogP contribution >= 0.6 is 0 Å². The van der Waals surface area contributed by atoms with Crippen LogP contribution in [-0.2, 0) is 4.79 Å². The molecule has 1 rings (SSSR count). The molecule has 0 aliphatic carbocycles. The van der Waals surface area contributed by atoms with Crippen LogP contribution in [0.1, 0.15) is 133 Å². The number of carboxylic acid groups (broad SMARTS) is 2. The average Bonchev–Trinajstić information content (AvgIpc) is 2.81. The van der Waals surface area contributed by atoms with E-state index in [1.165, 1.54) is 115 Å². The monoisotopic (exact) mass is 498 g/mol. The average molecular weight is 499 g/mol. The summed E-state index contributed by atoms with van der Waals surface area (Å²) >= 11 is 0. The van der Waals surface area contributed by atoms with Gasteiger partial charge >= 0.3 is 35.5 Å². The molecule has 0 aliphatic rings. The largest absolute Gasteiger partial charge is 1.00 e. The number of allylic oxidation sites excluding steroid dienone is 2. The molecule has 0 spiro atoms. The number of carbonyl (C=O) groups excluding carboxylic acids is 1. The Morgan fingerprint density at radius 3 is 1.57 bits per heavy atom. The number of para-hydroxylation sites is 1. The first-order chi connectivity index (χ1) is 16.5. The summed E-state index contributed by atoms with van der Waals surface area (Å²) in [5.74, 6) is -2.28. The summed E-state index contributed by atoms with van der Waals surface area (Å²) < 4.78 is 0. The van der Waals surface area contributed by atoms with E-state index >= 15 is 0 Å². The number of unbranched alkanes of at least 4 members (excludes halogenated alkanes) is 15. The van der Waals surface area contributed by atoms with Crippen LogP contribution in [0.15, 0.2) is 36.4 Å². The number of benzene rings is 1. The predicted octanol–water partition coefficient (Wildman–Crippen LogP) is 4.43. The second kappa shape index (κ2) is 27.3. The maximum atomic E-state index is 10.4. The minimum Gasteiger partial charge on any atom is -0.545 e. The number of hydrogen-bond donors (Lipinski definition) is 2. The van der Waals surface area contributed by atoms with Crippen LogP contribution in [-0.4, -0.2) is 22.2 Å². The first-order valence-corrected chi connectivity index (χ1v) is 13.3. The van der Waals surface area contributed by atoms with Crippen LogP contribution < -0.4 is 34.7 Å². The van der Waals surface area contributed by atoms with Gasteiger partial charge in [0.25, 0.3) is 0 Å². The number of aliphatic carboxylic acids is 1. The van der Waals surface area contributed by atoms with E-state index in [9.17, 15) is 14.7 Å². The zero-order valence-corrected chi connectivity index (χ0v) is 24.3. The smallest absolute Gasteiger partial charge is 0.545 e. The molecule has 6 heteroatoms. The van der Waals surface area contributed by atoms with E-state index in [1.54, 1.807) is 6.07 Å². The third-order valence-electron chi connectivity index (χ3n) is 5.78. The Morgan fingerprint density at radius 1 is 0.743 bits per heavy atom. The Hall–Kier alpha value is -1.30. The summed E-state index contributed by atoms with van der Waals surface area (Å²) in [6.07, 6.45) is 27.1. The fourth-order valence-electron chi connectivity index (χ4n) is 3.70. The summed E-state index contributed by atoms with van der Waals surface area (Å²) in [7, 11) is 0. The summed E-state index contributed by atoms with van der Waals surface area (Å²) in [6, 6.07) is 5.64. The molecule has 0 fully saturated rings. The molecule has 0 aromatic heterocycles. The van der Waals surface area contributed by atoms with Crippen molar-refractivity contribution >= 4 is 11.9 Å². The topological polar surface area (TPSA) is 97.7 Å². The molecule has 0 heterocycles.